The highest BCUT2D eigenvalue weighted by Gasteiger charge is 2.28. The largest absolute Gasteiger partial charge is 0.474 e. The van der Waals surface area contributed by atoms with E-state index in [0.29, 0.717) is 10.9 Å². The van der Waals surface area contributed by atoms with Gasteiger partial charge in [-0.05, 0) is 36.5 Å². The SMILES string of the molecule is CC(C)Oc1ncc([C@H](c2ccccc2)C(C)(C)C)cc1Cl. The van der Waals surface area contributed by atoms with E-state index in [9.17, 15) is 0 Å². The van der Waals surface area contributed by atoms with E-state index in [1.807, 2.05) is 32.2 Å². The van der Waals surface area contributed by atoms with Crippen molar-refractivity contribution in [3.8, 4) is 5.88 Å². The van der Waals surface area contributed by atoms with Gasteiger partial charge in [0.1, 0.15) is 5.02 Å². The minimum Gasteiger partial charge on any atom is -0.474 e. The first-order chi connectivity index (χ1) is 10.3. The van der Waals surface area contributed by atoms with Crippen molar-refractivity contribution in [2.75, 3.05) is 0 Å². The molecule has 0 spiro atoms. The predicted octanol–water partition coefficient (Wildman–Crippen LogP) is 5.70. The van der Waals surface area contributed by atoms with E-state index in [1.54, 1.807) is 0 Å². The number of benzene rings is 1. The molecule has 0 aliphatic carbocycles. The van der Waals surface area contributed by atoms with Gasteiger partial charge in [-0.2, -0.15) is 0 Å². The molecule has 118 valence electrons. The lowest BCUT2D eigenvalue weighted by atomic mass is 9.73. The maximum atomic E-state index is 6.37. The second kappa shape index (κ2) is 6.70. The first kappa shape index (κ1) is 16.8. The maximum Gasteiger partial charge on any atom is 0.232 e. The first-order valence-corrected chi connectivity index (χ1v) is 8.04. The van der Waals surface area contributed by atoms with Crippen molar-refractivity contribution in [2.24, 2.45) is 5.41 Å². The number of hydrogen-bond donors (Lipinski definition) is 0. The molecular formula is C19H24ClNO. The Labute approximate surface area is 138 Å². The second-order valence-corrected chi connectivity index (χ2v) is 7.34. The lowest BCUT2D eigenvalue weighted by molar-refractivity contribution is 0.232. The van der Waals surface area contributed by atoms with E-state index >= 15 is 0 Å². The van der Waals surface area contributed by atoms with E-state index in [2.05, 4.69) is 50.0 Å². The average Bonchev–Trinajstić information content (AvgIpc) is 2.41. The number of halogens is 1. The Kier molecular flexibility index (Phi) is 5.12. The van der Waals surface area contributed by atoms with Crippen LogP contribution in [0.5, 0.6) is 5.88 Å². The zero-order valence-corrected chi connectivity index (χ0v) is 14.7. The van der Waals surface area contributed by atoms with Crippen LogP contribution in [0.2, 0.25) is 5.02 Å². The van der Waals surface area contributed by atoms with Crippen LogP contribution < -0.4 is 4.74 Å². The van der Waals surface area contributed by atoms with Gasteiger partial charge in [0.2, 0.25) is 5.88 Å². The fourth-order valence-corrected chi connectivity index (χ4v) is 2.97. The Hall–Kier alpha value is -1.54. The Bertz CT molecular complexity index is 617. The van der Waals surface area contributed by atoms with Gasteiger partial charge in [0.05, 0.1) is 6.10 Å². The van der Waals surface area contributed by atoms with Gasteiger partial charge in [-0.25, -0.2) is 4.98 Å². The molecule has 1 aromatic carbocycles. The quantitative estimate of drug-likeness (QED) is 0.721. The van der Waals surface area contributed by atoms with Crippen molar-refractivity contribution in [3.63, 3.8) is 0 Å². The molecule has 0 saturated heterocycles. The third-order valence-corrected chi connectivity index (χ3v) is 3.78. The van der Waals surface area contributed by atoms with Crippen molar-refractivity contribution < 1.29 is 4.74 Å². The predicted molar refractivity (Wildman–Crippen MR) is 92.8 cm³/mol. The zero-order chi connectivity index (χ0) is 16.3. The summed E-state index contributed by atoms with van der Waals surface area (Å²) < 4.78 is 5.63. The summed E-state index contributed by atoms with van der Waals surface area (Å²) in [4.78, 5) is 4.42. The number of pyridine rings is 1. The number of nitrogens with zero attached hydrogens (tertiary/aromatic N) is 1. The number of aromatic nitrogens is 1. The molecule has 22 heavy (non-hydrogen) atoms. The maximum absolute atomic E-state index is 6.37. The molecule has 0 bridgehead atoms. The molecule has 1 atom stereocenters. The molecule has 0 aliphatic rings. The molecule has 0 N–H and O–H groups in total. The van der Waals surface area contributed by atoms with E-state index in [4.69, 9.17) is 16.3 Å². The third kappa shape index (κ3) is 4.01. The van der Waals surface area contributed by atoms with Gasteiger partial charge in [-0.1, -0.05) is 62.7 Å². The van der Waals surface area contributed by atoms with Gasteiger partial charge in [0.25, 0.3) is 0 Å². The summed E-state index contributed by atoms with van der Waals surface area (Å²) in [5.41, 5.74) is 2.44. The molecule has 0 radical (unpaired) electrons. The molecule has 0 saturated carbocycles. The summed E-state index contributed by atoms with van der Waals surface area (Å²) in [7, 11) is 0. The third-order valence-electron chi connectivity index (χ3n) is 3.51. The molecule has 0 aliphatic heterocycles. The van der Waals surface area contributed by atoms with E-state index in [0.717, 1.165) is 5.56 Å². The van der Waals surface area contributed by atoms with E-state index < -0.39 is 0 Å². The topological polar surface area (TPSA) is 22.1 Å². The number of rotatable bonds is 4. The lowest BCUT2D eigenvalue weighted by Crippen LogP contribution is -2.20. The van der Waals surface area contributed by atoms with Crippen molar-refractivity contribution in [1.82, 2.24) is 4.98 Å². The van der Waals surface area contributed by atoms with Crippen LogP contribution in [0.3, 0.4) is 0 Å². The van der Waals surface area contributed by atoms with Gasteiger partial charge in [0.15, 0.2) is 0 Å². The van der Waals surface area contributed by atoms with Gasteiger partial charge in [-0.15, -0.1) is 0 Å². The van der Waals surface area contributed by atoms with Crippen LogP contribution in [0.25, 0.3) is 0 Å². The van der Waals surface area contributed by atoms with Crippen LogP contribution >= 0.6 is 11.6 Å². The van der Waals surface area contributed by atoms with Gasteiger partial charge < -0.3 is 4.74 Å². The van der Waals surface area contributed by atoms with Crippen molar-refractivity contribution in [1.29, 1.82) is 0 Å². The Morgan fingerprint density at radius 2 is 1.68 bits per heavy atom. The van der Waals surface area contributed by atoms with E-state index in [-0.39, 0.29) is 17.4 Å². The van der Waals surface area contributed by atoms with Crippen LogP contribution in [0.15, 0.2) is 42.6 Å². The van der Waals surface area contributed by atoms with Gasteiger partial charge >= 0.3 is 0 Å². The van der Waals surface area contributed by atoms with Gasteiger partial charge in [0, 0.05) is 12.1 Å². The summed E-state index contributed by atoms with van der Waals surface area (Å²) in [5.74, 6) is 0.730. The smallest absolute Gasteiger partial charge is 0.232 e. The normalized spacial score (nSPS) is 13.2. The van der Waals surface area contributed by atoms with Crippen molar-refractivity contribution >= 4 is 11.6 Å². The Morgan fingerprint density at radius 3 is 2.18 bits per heavy atom. The van der Waals surface area contributed by atoms with Crippen molar-refractivity contribution in [3.05, 3.63) is 58.7 Å². The Morgan fingerprint density at radius 1 is 1.05 bits per heavy atom. The van der Waals surface area contributed by atoms with Crippen LogP contribution in [-0.4, -0.2) is 11.1 Å². The molecule has 2 aromatic rings. The molecular weight excluding hydrogens is 294 g/mol. The highest BCUT2D eigenvalue weighted by molar-refractivity contribution is 6.31. The fourth-order valence-electron chi connectivity index (χ4n) is 2.75. The molecule has 3 heteroatoms. The molecule has 1 aromatic heterocycles. The van der Waals surface area contributed by atoms with Crippen LogP contribution in [0, 0.1) is 5.41 Å². The highest BCUT2D eigenvalue weighted by atomic mass is 35.5. The molecule has 0 amide bonds. The van der Waals surface area contributed by atoms with Gasteiger partial charge in [-0.3, -0.25) is 0 Å². The molecule has 0 fully saturated rings. The van der Waals surface area contributed by atoms with Crippen molar-refractivity contribution in [2.45, 2.75) is 46.6 Å². The summed E-state index contributed by atoms with van der Waals surface area (Å²) in [6.07, 6.45) is 1.94. The van der Waals surface area contributed by atoms with Crippen LogP contribution in [0.4, 0.5) is 0 Å². The minimum atomic E-state index is 0.0587. The molecule has 0 unspecified atom stereocenters. The summed E-state index contributed by atoms with van der Waals surface area (Å²) in [5, 5.41) is 0.566. The summed E-state index contributed by atoms with van der Waals surface area (Å²) in [6, 6.07) is 12.5. The fraction of sp³-hybridized carbons (Fsp3) is 0.421. The molecule has 2 nitrogen and oxygen atoms in total. The van der Waals surface area contributed by atoms with E-state index in [1.165, 1.54) is 5.56 Å². The molecule has 1 heterocycles. The summed E-state index contributed by atoms with van der Waals surface area (Å²) in [6.45, 7) is 10.6. The minimum absolute atomic E-state index is 0.0587. The standard InChI is InChI=1S/C19H24ClNO/c1-13(2)22-18-16(20)11-15(12-21-18)17(19(3,4)5)14-9-7-6-8-10-14/h6-13,17H,1-5H3/t17-/m0/s1. The zero-order valence-electron chi connectivity index (χ0n) is 13.9. The van der Waals surface area contributed by atoms with Crippen LogP contribution in [-0.2, 0) is 0 Å². The number of ether oxygens (including phenoxy) is 1. The highest BCUT2D eigenvalue weighted by Crippen LogP contribution is 2.41. The number of hydrogen-bond acceptors (Lipinski definition) is 2. The first-order valence-electron chi connectivity index (χ1n) is 7.66. The lowest BCUT2D eigenvalue weighted by Gasteiger charge is -2.31. The average molecular weight is 318 g/mol. The van der Waals surface area contributed by atoms with Crippen LogP contribution in [0.1, 0.15) is 51.7 Å². The Balaban J connectivity index is 2.43. The molecule has 2 rings (SSSR count). The monoisotopic (exact) mass is 317 g/mol. The second-order valence-electron chi connectivity index (χ2n) is 6.93. The summed E-state index contributed by atoms with van der Waals surface area (Å²) >= 11 is 6.37.